The van der Waals surface area contributed by atoms with Crippen LogP contribution in [0.2, 0.25) is 0 Å². The first-order chi connectivity index (χ1) is 11.2. The Bertz CT molecular complexity index is 589. The number of amides is 1. The van der Waals surface area contributed by atoms with Crippen molar-refractivity contribution in [3.05, 3.63) is 0 Å². The molecule has 0 spiro atoms. The zero-order chi connectivity index (χ0) is 17.2. The number of rotatable bonds is 3. The third-order valence-corrected chi connectivity index (χ3v) is 6.13. The number of hydrogen-bond donors (Lipinski definition) is 2. The largest absolute Gasteiger partial charge is 0.390 e. The Morgan fingerprint density at radius 1 is 1.41 bits per heavy atom. The lowest BCUT2D eigenvalue weighted by Crippen LogP contribution is -2.65. The van der Waals surface area contributed by atoms with Crippen molar-refractivity contribution in [1.82, 2.24) is 10.2 Å². The molecular weight excluding hydrogens is 278 g/mol. The molecule has 4 saturated carbocycles. The van der Waals surface area contributed by atoms with Crippen LogP contribution < -0.4 is 5.32 Å². The number of likely N-dealkylation sites (tertiary alicyclic amines) is 1. The molecule has 0 aromatic rings. The summed E-state index contributed by atoms with van der Waals surface area (Å²) < 4.78 is 16.7. The minimum absolute atomic E-state index is 0.424. The van der Waals surface area contributed by atoms with Crippen LogP contribution in [-0.4, -0.2) is 46.1 Å². The lowest BCUT2D eigenvalue weighted by Gasteiger charge is -2.60. The van der Waals surface area contributed by atoms with Crippen LogP contribution in [0.15, 0.2) is 0 Å². The number of hydrogen-bond acceptors (Lipinski definition) is 4. The molecule has 4 aliphatic carbocycles. The van der Waals surface area contributed by atoms with Gasteiger partial charge in [0.2, 0.25) is 5.91 Å². The fourth-order valence-corrected chi connectivity index (χ4v) is 5.76. The molecule has 0 aromatic carbocycles. The monoisotopic (exact) mass is 305 g/mol. The van der Waals surface area contributed by atoms with Crippen LogP contribution in [0.5, 0.6) is 0 Å². The standard InChI is InChI=1S/C17H25N3O2/c18-9-14-2-1-3-20(14)15(21)10-19-16-5-12-4-13(6-16)8-17(22,7-12)11-16/h12-14,19,22H,1-8,10-11H2/t12-,13+,14-,16?,17?/m0/s1/i10D2. The van der Waals surface area contributed by atoms with Crippen molar-refractivity contribution < 1.29 is 12.6 Å². The molecular formula is C17H25N3O2. The molecule has 2 N–H and O–H groups in total. The van der Waals surface area contributed by atoms with E-state index >= 15 is 0 Å². The summed E-state index contributed by atoms with van der Waals surface area (Å²) in [4.78, 5) is 14.1. The minimum atomic E-state index is -2.19. The second kappa shape index (κ2) is 4.94. The maximum absolute atomic E-state index is 12.7. The highest BCUT2D eigenvalue weighted by molar-refractivity contribution is 5.79. The molecule has 4 bridgehead atoms. The summed E-state index contributed by atoms with van der Waals surface area (Å²) in [5.74, 6) is 0.218. The average molecular weight is 305 g/mol. The van der Waals surface area contributed by atoms with Gasteiger partial charge >= 0.3 is 0 Å². The van der Waals surface area contributed by atoms with E-state index in [0.717, 1.165) is 38.5 Å². The number of nitrogens with zero attached hydrogens (tertiary/aromatic N) is 2. The summed E-state index contributed by atoms with van der Waals surface area (Å²) in [6.07, 6.45) is 6.30. The SMILES string of the molecule is [2H]C([2H])(NC12C[C@@H]3C[C@@H](CC(O)(C3)C1)C2)C(=O)N1CCC[C@H]1C#N. The van der Waals surface area contributed by atoms with Gasteiger partial charge in [-0.15, -0.1) is 0 Å². The molecule has 0 aromatic heterocycles. The lowest BCUT2D eigenvalue weighted by molar-refractivity contribution is -0.147. The van der Waals surface area contributed by atoms with Gasteiger partial charge in [-0.2, -0.15) is 5.26 Å². The van der Waals surface area contributed by atoms with Crippen LogP contribution in [0.4, 0.5) is 0 Å². The van der Waals surface area contributed by atoms with E-state index in [4.69, 9.17) is 8.00 Å². The molecule has 120 valence electrons. The summed E-state index contributed by atoms with van der Waals surface area (Å²) in [5, 5.41) is 23.0. The first-order valence-electron chi connectivity index (χ1n) is 9.47. The summed E-state index contributed by atoms with van der Waals surface area (Å²) in [6, 6.07) is 1.58. The first-order valence-corrected chi connectivity index (χ1v) is 8.47. The van der Waals surface area contributed by atoms with Crippen molar-refractivity contribution in [2.45, 2.75) is 68.5 Å². The van der Waals surface area contributed by atoms with Crippen LogP contribution in [0.1, 0.15) is 54.1 Å². The smallest absolute Gasteiger partial charge is 0.237 e. The van der Waals surface area contributed by atoms with Gasteiger partial charge in [0, 0.05) is 12.1 Å². The summed E-state index contributed by atoms with van der Waals surface area (Å²) in [5.41, 5.74) is -1.18. The Labute approximate surface area is 134 Å². The van der Waals surface area contributed by atoms with E-state index in [1.165, 1.54) is 4.90 Å². The quantitative estimate of drug-likeness (QED) is 0.821. The van der Waals surface area contributed by atoms with E-state index in [9.17, 15) is 9.90 Å². The highest BCUT2D eigenvalue weighted by atomic mass is 16.3. The van der Waals surface area contributed by atoms with E-state index in [1.54, 1.807) is 0 Å². The number of aliphatic hydroxyl groups is 1. The van der Waals surface area contributed by atoms with Crippen molar-refractivity contribution in [3.8, 4) is 6.07 Å². The third-order valence-electron chi connectivity index (χ3n) is 6.13. The van der Waals surface area contributed by atoms with Gasteiger partial charge in [0.05, 0.1) is 20.9 Å². The first kappa shape index (κ1) is 12.3. The molecule has 5 heteroatoms. The average Bonchev–Trinajstić information content (AvgIpc) is 2.90. The lowest BCUT2D eigenvalue weighted by atomic mass is 9.51. The number of carbonyl (C=O) groups excluding carboxylic acids is 1. The van der Waals surface area contributed by atoms with Gasteiger partial charge in [0.1, 0.15) is 6.04 Å². The van der Waals surface area contributed by atoms with Gasteiger partial charge in [-0.05, 0) is 63.2 Å². The highest BCUT2D eigenvalue weighted by Crippen LogP contribution is 2.57. The number of nitrogens with one attached hydrogen (secondary N) is 1. The third kappa shape index (κ3) is 2.33. The van der Waals surface area contributed by atoms with Crippen molar-refractivity contribution in [3.63, 3.8) is 0 Å². The predicted molar refractivity (Wildman–Crippen MR) is 80.7 cm³/mol. The molecule has 5 fully saturated rings. The van der Waals surface area contributed by atoms with E-state index in [0.29, 0.717) is 31.2 Å². The van der Waals surface area contributed by atoms with Crippen LogP contribution in [0.25, 0.3) is 0 Å². The second-order valence-corrected chi connectivity index (χ2v) is 8.00. The molecule has 1 aliphatic heterocycles. The summed E-state index contributed by atoms with van der Waals surface area (Å²) >= 11 is 0. The van der Waals surface area contributed by atoms with E-state index in [1.807, 2.05) is 0 Å². The van der Waals surface area contributed by atoms with E-state index in [2.05, 4.69) is 11.4 Å². The summed E-state index contributed by atoms with van der Waals surface area (Å²) in [6.45, 7) is -1.75. The van der Waals surface area contributed by atoms with Gasteiger partial charge < -0.3 is 15.3 Å². The summed E-state index contributed by atoms with van der Waals surface area (Å²) in [7, 11) is 0. The van der Waals surface area contributed by atoms with Gasteiger partial charge in [0.15, 0.2) is 0 Å². The fraction of sp³-hybridized carbons (Fsp3) is 0.882. The predicted octanol–water partition coefficient (Wildman–Crippen LogP) is 1.17. The highest BCUT2D eigenvalue weighted by Gasteiger charge is 2.57. The molecule has 5 aliphatic rings. The Balaban J connectivity index is 1.53. The maximum atomic E-state index is 12.7. The molecule has 0 radical (unpaired) electrons. The topological polar surface area (TPSA) is 76.4 Å². The van der Waals surface area contributed by atoms with Crippen LogP contribution in [0, 0.1) is 23.2 Å². The molecule has 22 heavy (non-hydrogen) atoms. The van der Waals surface area contributed by atoms with Crippen molar-refractivity contribution in [2.75, 3.05) is 13.0 Å². The van der Waals surface area contributed by atoms with E-state index < -0.39 is 29.6 Å². The van der Waals surface area contributed by atoms with Gasteiger partial charge in [0.25, 0.3) is 0 Å². The zero-order valence-electron chi connectivity index (χ0n) is 14.8. The van der Waals surface area contributed by atoms with Gasteiger partial charge in [-0.25, -0.2) is 0 Å². The van der Waals surface area contributed by atoms with Gasteiger partial charge in [-0.1, -0.05) is 0 Å². The molecule has 1 heterocycles. The second-order valence-electron chi connectivity index (χ2n) is 8.00. The molecule has 5 rings (SSSR count). The van der Waals surface area contributed by atoms with Gasteiger partial charge in [-0.3, -0.25) is 4.79 Å². The van der Waals surface area contributed by atoms with Crippen molar-refractivity contribution in [2.24, 2.45) is 11.8 Å². The molecule has 2 unspecified atom stereocenters. The Morgan fingerprint density at radius 2 is 2.14 bits per heavy atom. The molecule has 1 saturated heterocycles. The molecule has 5 atom stereocenters. The zero-order valence-corrected chi connectivity index (χ0v) is 12.8. The Morgan fingerprint density at radius 3 is 2.77 bits per heavy atom. The Hall–Kier alpha value is -1.12. The Kier molecular flexibility index (Phi) is 2.77. The van der Waals surface area contributed by atoms with E-state index in [-0.39, 0.29) is 0 Å². The van der Waals surface area contributed by atoms with Crippen molar-refractivity contribution >= 4 is 5.91 Å². The fourth-order valence-electron chi connectivity index (χ4n) is 5.76. The molecule has 1 amide bonds. The number of nitriles is 1. The molecule has 5 nitrogen and oxygen atoms in total. The van der Waals surface area contributed by atoms with Crippen molar-refractivity contribution in [1.29, 1.82) is 5.26 Å². The maximum Gasteiger partial charge on any atom is 0.237 e. The number of carbonyl (C=O) groups is 1. The normalized spacial score (nSPS) is 48.0. The van der Waals surface area contributed by atoms with Crippen LogP contribution in [-0.2, 0) is 4.79 Å². The van der Waals surface area contributed by atoms with Crippen LogP contribution in [0.3, 0.4) is 0 Å². The minimum Gasteiger partial charge on any atom is -0.390 e. The van der Waals surface area contributed by atoms with Crippen LogP contribution >= 0.6 is 0 Å².